The van der Waals surface area contributed by atoms with Crippen LogP contribution in [-0.2, 0) is 15.3 Å². The van der Waals surface area contributed by atoms with E-state index in [1.54, 1.807) is 17.9 Å². The number of amides is 1. The highest BCUT2D eigenvalue weighted by molar-refractivity contribution is 7.98. The van der Waals surface area contributed by atoms with Crippen molar-refractivity contribution in [2.24, 2.45) is 5.92 Å². The van der Waals surface area contributed by atoms with E-state index in [2.05, 4.69) is 14.8 Å². The van der Waals surface area contributed by atoms with Crippen LogP contribution in [0.5, 0.6) is 0 Å². The predicted octanol–water partition coefficient (Wildman–Crippen LogP) is 4.96. The summed E-state index contributed by atoms with van der Waals surface area (Å²) in [6, 6.07) is 16.5. The normalized spacial score (nSPS) is 17.4. The minimum atomic E-state index is -0.262. The number of rotatable bonds is 8. The molecule has 2 fully saturated rings. The molecule has 0 bridgehead atoms. The van der Waals surface area contributed by atoms with Crippen molar-refractivity contribution in [2.45, 2.75) is 37.6 Å². The van der Waals surface area contributed by atoms with Gasteiger partial charge < -0.3 is 19.4 Å². The number of hydrogen-bond donors (Lipinski definition) is 0. The van der Waals surface area contributed by atoms with Crippen molar-refractivity contribution in [3.63, 3.8) is 0 Å². The zero-order valence-corrected chi connectivity index (χ0v) is 24.4. The SMILES string of the molecule is CCOC(=O)[C@H]1CCCN(C(=O)c2cccc(CSc3nc(C)cc(N4CCN(c5ccccc5F)CC4)n3)c2)C1. The second-order valence-corrected chi connectivity index (χ2v) is 11.3. The minimum Gasteiger partial charge on any atom is -0.466 e. The summed E-state index contributed by atoms with van der Waals surface area (Å²) in [7, 11) is 0. The molecule has 8 nitrogen and oxygen atoms in total. The van der Waals surface area contributed by atoms with Gasteiger partial charge in [0, 0.05) is 62.3 Å². The smallest absolute Gasteiger partial charge is 0.310 e. The number of nitrogens with zero attached hydrogens (tertiary/aromatic N) is 5. The van der Waals surface area contributed by atoms with E-state index in [0.717, 1.165) is 43.0 Å². The van der Waals surface area contributed by atoms with Crippen LogP contribution in [-0.4, -0.2) is 72.6 Å². The molecule has 41 heavy (non-hydrogen) atoms. The predicted molar refractivity (Wildman–Crippen MR) is 159 cm³/mol. The van der Waals surface area contributed by atoms with Gasteiger partial charge in [-0.15, -0.1) is 0 Å². The summed E-state index contributed by atoms with van der Waals surface area (Å²) >= 11 is 1.54. The lowest BCUT2D eigenvalue weighted by molar-refractivity contribution is -0.149. The number of thioether (sulfide) groups is 1. The lowest BCUT2D eigenvalue weighted by Gasteiger charge is -2.37. The average molecular weight is 578 g/mol. The summed E-state index contributed by atoms with van der Waals surface area (Å²) in [5.74, 6) is 0.755. The van der Waals surface area contributed by atoms with E-state index in [-0.39, 0.29) is 23.6 Å². The number of anilines is 2. The fourth-order valence-corrected chi connectivity index (χ4v) is 6.22. The maximum atomic E-state index is 14.2. The van der Waals surface area contributed by atoms with Gasteiger partial charge in [-0.2, -0.15) is 0 Å². The van der Waals surface area contributed by atoms with E-state index in [0.29, 0.717) is 54.9 Å². The van der Waals surface area contributed by atoms with Crippen molar-refractivity contribution < 1.29 is 18.7 Å². The molecule has 0 saturated carbocycles. The first-order valence-electron chi connectivity index (χ1n) is 14.2. The van der Waals surface area contributed by atoms with Gasteiger partial charge in [-0.1, -0.05) is 36.0 Å². The zero-order chi connectivity index (χ0) is 28.8. The van der Waals surface area contributed by atoms with Gasteiger partial charge in [-0.25, -0.2) is 14.4 Å². The van der Waals surface area contributed by atoms with E-state index < -0.39 is 0 Å². The molecule has 0 N–H and O–H groups in total. The lowest BCUT2D eigenvalue weighted by atomic mass is 9.97. The maximum Gasteiger partial charge on any atom is 0.310 e. The molecule has 1 atom stereocenters. The number of piperidine rings is 1. The third-order valence-electron chi connectivity index (χ3n) is 7.49. The van der Waals surface area contributed by atoms with Crippen molar-refractivity contribution in [3.05, 3.63) is 77.2 Å². The third-order valence-corrected chi connectivity index (χ3v) is 8.41. The number of carbonyl (C=O) groups excluding carboxylic acids is 2. The maximum absolute atomic E-state index is 14.2. The van der Waals surface area contributed by atoms with Crippen molar-refractivity contribution in [3.8, 4) is 0 Å². The fraction of sp³-hybridized carbons (Fsp3) is 0.419. The molecule has 0 unspecified atom stereocenters. The molecule has 2 aromatic carbocycles. The van der Waals surface area contributed by atoms with Gasteiger partial charge in [-0.3, -0.25) is 9.59 Å². The Balaban J connectivity index is 1.19. The number of aryl methyl sites for hydroxylation is 1. The molecular formula is C31H36FN5O3S. The Labute approximate surface area is 244 Å². The molecule has 3 heterocycles. The molecular weight excluding hydrogens is 541 g/mol. The number of benzene rings is 2. The monoisotopic (exact) mass is 577 g/mol. The molecule has 0 radical (unpaired) electrons. The molecule has 5 rings (SSSR count). The quantitative estimate of drug-likeness (QED) is 0.211. The van der Waals surface area contributed by atoms with Crippen LogP contribution in [0.15, 0.2) is 59.8 Å². The molecule has 0 spiro atoms. The molecule has 216 valence electrons. The van der Waals surface area contributed by atoms with E-state index in [1.165, 1.54) is 17.8 Å². The molecule has 2 saturated heterocycles. The first-order valence-corrected chi connectivity index (χ1v) is 15.2. The van der Waals surface area contributed by atoms with Gasteiger partial charge in [0.1, 0.15) is 11.6 Å². The van der Waals surface area contributed by atoms with Crippen LogP contribution in [0, 0.1) is 18.7 Å². The van der Waals surface area contributed by atoms with Gasteiger partial charge in [0.25, 0.3) is 5.91 Å². The molecule has 1 amide bonds. The van der Waals surface area contributed by atoms with Crippen LogP contribution in [0.4, 0.5) is 15.9 Å². The van der Waals surface area contributed by atoms with E-state index in [4.69, 9.17) is 9.72 Å². The van der Waals surface area contributed by atoms with Crippen LogP contribution in [0.3, 0.4) is 0 Å². The number of piperazine rings is 1. The topological polar surface area (TPSA) is 78.9 Å². The molecule has 0 aliphatic carbocycles. The summed E-state index contributed by atoms with van der Waals surface area (Å²) in [6.45, 7) is 8.06. The van der Waals surface area contributed by atoms with E-state index in [9.17, 15) is 14.0 Å². The van der Waals surface area contributed by atoms with Crippen LogP contribution in [0.1, 0.15) is 41.4 Å². The number of esters is 1. The molecule has 10 heteroatoms. The highest BCUT2D eigenvalue weighted by atomic mass is 32.2. The van der Waals surface area contributed by atoms with Gasteiger partial charge in [0.2, 0.25) is 0 Å². The van der Waals surface area contributed by atoms with Crippen LogP contribution >= 0.6 is 11.8 Å². The van der Waals surface area contributed by atoms with Gasteiger partial charge in [0.05, 0.1) is 18.2 Å². The third kappa shape index (κ3) is 7.16. The Hall–Kier alpha value is -3.66. The Morgan fingerprint density at radius 3 is 2.56 bits per heavy atom. The highest BCUT2D eigenvalue weighted by Crippen LogP contribution is 2.26. The van der Waals surface area contributed by atoms with Gasteiger partial charge >= 0.3 is 5.97 Å². The second-order valence-electron chi connectivity index (χ2n) is 10.4. The Bertz CT molecular complexity index is 1380. The summed E-state index contributed by atoms with van der Waals surface area (Å²) < 4.78 is 19.4. The molecule has 3 aromatic rings. The minimum absolute atomic E-state index is 0.0607. The Morgan fingerprint density at radius 1 is 1.00 bits per heavy atom. The second kappa shape index (κ2) is 13.3. The van der Waals surface area contributed by atoms with Crippen molar-refractivity contribution in [2.75, 3.05) is 55.7 Å². The Kier molecular flexibility index (Phi) is 9.38. The largest absolute Gasteiger partial charge is 0.466 e. The number of aromatic nitrogens is 2. The molecule has 2 aliphatic rings. The number of likely N-dealkylation sites (tertiary alicyclic amines) is 1. The van der Waals surface area contributed by atoms with Gasteiger partial charge in [0.15, 0.2) is 5.16 Å². The number of para-hydroxylation sites is 1. The van der Waals surface area contributed by atoms with Crippen molar-refractivity contribution in [1.29, 1.82) is 0 Å². The van der Waals surface area contributed by atoms with Crippen molar-refractivity contribution >= 4 is 35.1 Å². The first-order chi connectivity index (χ1) is 19.9. The number of hydrogen-bond acceptors (Lipinski definition) is 8. The fourth-order valence-electron chi connectivity index (χ4n) is 5.38. The summed E-state index contributed by atoms with van der Waals surface area (Å²) in [5.41, 5.74) is 3.15. The lowest BCUT2D eigenvalue weighted by Crippen LogP contribution is -2.47. The Morgan fingerprint density at radius 2 is 1.78 bits per heavy atom. The van der Waals surface area contributed by atoms with Crippen LogP contribution < -0.4 is 9.80 Å². The number of ether oxygens (including phenoxy) is 1. The number of carbonyl (C=O) groups is 2. The summed E-state index contributed by atoms with van der Waals surface area (Å²) in [4.78, 5) is 41.0. The molecule has 2 aliphatic heterocycles. The standard InChI is InChI=1S/C31H36FN5O3S/c1-3-40-30(39)25-10-7-13-37(20-25)29(38)24-9-6-8-23(19-24)21-41-31-33-22(2)18-28(34-31)36-16-14-35(15-17-36)27-12-5-4-11-26(27)32/h4-6,8-9,11-12,18-19,25H,3,7,10,13-17,20-21H2,1-2H3/t25-/m0/s1. The summed E-state index contributed by atoms with van der Waals surface area (Å²) in [5, 5.41) is 0.682. The van der Waals surface area contributed by atoms with Crippen LogP contribution in [0.25, 0.3) is 0 Å². The summed E-state index contributed by atoms with van der Waals surface area (Å²) in [6.07, 6.45) is 1.54. The van der Waals surface area contributed by atoms with E-state index in [1.807, 2.05) is 49.4 Å². The van der Waals surface area contributed by atoms with Crippen LogP contribution in [0.2, 0.25) is 0 Å². The van der Waals surface area contributed by atoms with E-state index >= 15 is 0 Å². The first kappa shape index (κ1) is 28.9. The van der Waals surface area contributed by atoms with Gasteiger partial charge in [-0.05, 0) is 56.5 Å². The average Bonchev–Trinajstić information content (AvgIpc) is 3.00. The highest BCUT2D eigenvalue weighted by Gasteiger charge is 2.30. The zero-order valence-electron chi connectivity index (χ0n) is 23.6. The van der Waals surface area contributed by atoms with Crippen molar-refractivity contribution in [1.82, 2.24) is 14.9 Å². The number of halogens is 1. The molecule has 1 aromatic heterocycles.